The zero-order valence-corrected chi connectivity index (χ0v) is 17.0. The molecule has 2 aromatic carbocycles. The highest BCUT2D eigenvalue weighted by Crippen LogP contribution is 2.27. The van der Waals surface area contributed by atoms with E-state index < -0.39 is 0 Å². The Kier molecular flexibility index (Phi) is 5.91. The Bertz CT molecular complexity index is 1110. The molecule has 0 spiro atoms. The van der Waals surface area contributed by atoms with Crippen molar-refractivity contribution < 1.29 is 4.79 Å². The van der Waals surface area contributed by atoms with Crippen LogP contribution in [-0.4, -0.2) is 27.0 Å². The third-order valence-electron chi connectivity index (χ3n) is 4.57. The van der Waals surface area contributed by atoms with Gasteiger partial charge in [-0.05, 0) is 42.3 Å². The predicted octanol–water partition coefficient (Wildman–Crippen LogP) is 4.52. The maximum atomic E-state index is 11.9. The lowest BCUT2D eigenvalue weighted by Gasteiger charge is -2.09. The van der Waals surface area contributed by atoms with Gasteiger partial charge in [0.05, 0.1) is 6.54 Å². The normalized spacial score (nSPS) is 10.9. The Morgan fingerprint density at radius 2 is 1.79 bits per heavy atom. The fraction of sp³-hybridized carbons (Fsp3) is 0.174. The molecule has 1 amide bonds. The monoisotopic (exact) mass is 402 g/mol. The van der Waals surface area contributed by atoms with Crippen molar-refractivity contribution in [2.45, 2.75) is 24.4 Å². The minimum atomic E-state index is -0.0394. The number of hydrogen-bond acceptors (Lipinski definition) is 4. The van der Waals surface area contributed by atoms with Gasteiger partial charge in [0.15, 0.2) is 10.8 Å². The van der Waals surface area contributed by atoms with Crippen molar-refractivity contribution in [1.82, 2.24) is 19.9 Å². The highest BCUT2D eigenvalue weighted by Gasteiger charge is 2.13. The molecular formula is C23H22N4OS. The maximum Gasteiger partial charge on any atom is 0.251 e. The number of fused-ring (bicyclic) bond motifs is 1. The molecule has 0 atom stereocenters. The van der Waals surface area contributed by atoms with Crippen LogP contribution in [0, 0.1) is 0 Å². The molecule has 2 aromatic heterocycles. The molecule has 2 heterocycles. The van der Waals surface area contributed by atoms with Crippen LogP contribution >= 0.6 is 11.8 Å². The summed E-state index contributed by atoms with van der Waals surface area (Å²) in [6, 6.07) is 22.0. The maximum absolute atomic E-state index is 11.9. The van der Waals surface area contributed by atoms with Crippen LogP contribution in [0.2, 0.25) is 0 Å². The van der Waals surface area contributed by atoms with Gasteiger partial charge >= 0.3 is 0 Å². The molecule has 0 aliphatic carbocycles. The number of nitrogens with one attached hydrogen (secondary N) is 1. The number of imidazole rings is 1. The molecule has 1 N–H and O–H groups in total. The van der Waals surface area contributed by atoms with E-state index in [4.69, 9.17) is 4.98 Å². The van der Waals surface area contributed by atoms with Gasteiger partial charge in [0, 0.05) is 24.1 Å². The minimum Gasteiger partial charge on any atom is -0.352 e. The first-order valence-electron chi connectivity index (χ1n) is 9.59. The van der Waals surface area contributed by atoms with Gasteiger partial charge in [-0.2, -0.15) is 0 Å². The topological polar surface area (TPSA) is 59.8 Å². The van der Waals surface area contributed by atoms with Crippen molar-refractivity contribution in [3.05, 3.63) is 89.6 Å². The van der Waals surface area contributed by atoms with Crippen molar-refractivity contribution in [3.63, 3.8) is 0 Å². The number of carbonyl (C=O) groups excluding carboxylic acids is 1. The molecule has 4 aromatic rings. The fourth-order valence-corrected chi connectivity index (χ4v) is 4.08. The molecule has 0 unspecified atom stereocenters. The van der Waals surface area contributed by atoms with Crippen molar-refractivity contribution in [3.8, 4) is 0 Å². The zero-order chi connectivity index (χ0) is 20.1. The first kappa shape index (κ1) is 19.2. The first-order chi connectivity index (χ1) is 14.2. The molecule has 0 aliphatic heterocycles. The van der Waals surface area contributed by atoms with Gasteiger partial charge in [-0.3, -0.25) is 9.36 Å². The third-order valence-corrected chi connectivity index (χ3v) is 5.62. The van der Waals surface area contributed by atoms with E-state index in [0.29, 0.717) is 12.1 Å². The van der Waals surface area contributed by atoms with Crippen molar-refractivity contribution in [2.24, 2.45) is 0 Å². The van der Waals surface area contributed by atoms with E-state index in [-0.39, 0.29) is 5.91 Å². The number of amides is 1. The summed E-state index contributed by atoms with van der Waals surface area (Å²) in [5.74, 6) is 0.732. The Morgan fingerprint density at radius 3 is 2.55 bits per heavy atom. The summed E-state index contributed by atoms with van der Waals surface area (Å²) in [4.78, 5) is 21.3. The zero-order valence-electron chi connectivity index (χ0n) is 16.2. The van der Waals surface area contributed by atoms with Crippen LogP contribution < -0.4 is 5.32 Å². The van der Waals surface area contributed by atoms with Crippen LogP contribution in [0.3, 0.4) is 0 Å². The lowest BCUT2D eigenvalue weighted by Crippen LogP contribution is -2.22. The van der Waals surface area contributed by atoms with Crippen LogP contribution in [0.25, 0.3) is 11.2 Å². The number of pyridine rings is 1. The molecule has 29 heavy (non-hydrogen) atoms. The number of hydrogen-bond donors (Lipinski definition) is 1. The first-order valence-corrected chi connectivity index (χ1v) is 10.6. The standard InChI is InChI=1S/C23H22N4OS/c1-2-24-22(28)19-12-10-18(11-13-19)16-29-23-26-20-9-6-14-25-21(20)27(23)15-17-7-4-3-5-8-17/h3-14H,2,15-16H2,1H3,(H,24,28). The molecule has 0 saturated carbocycles. The number of nitrogens with zero attached hydrogens (tertiary/aromatic N) is 3. The van der Waals surface area contributed by atoms with E-state index in [9.17, 15) is 4.79 Å². The van der Waals surface area contributed by atoms with E-state index >= 15 is 0 Å². The lowest BCUT2D eigenvalue weighted by atomic mass is 10.1. The predicted molar refractivity (Wildman–Crippen MR) is 117 cm³/mol. The number of carbonyl (C=O) groups is 1. The van der Waals surface area contributed by atoms with Crippen LogP contribution in [-0.2, 0) is 12.3 Å². The quantitative estimate of drug-likeness (QED) is 0.462. The van der Waals surface area contributed by atoms with E-state index in [0.717, 1.165) is 34.2 Å². The average Bonchev–Trinajstić information content (AvgIpc) is 3.11. The second-order valence-corrected chi connectivity index (χ2v) is 7.60. The van der Waals surface area contributed by atoms with Crippen molar-refractivity contribution in [1.29, 1.82) is 0 Å². The molecule has 6 heteroatoms. The van der Waals surface area contributed by atoms with E-state index in [1.165, 1.54) is 5.56 Å². The van der Waals surface area contributed by atoms with Gasteiger partial charge in [-0.1, -0.05) is 54.2 Å². The average molecular weight is 403 g/mol. The van der Waals surface area contributed by atoms with E-state index in [2.05, 4.69) is 27.0 Å². The molecule has 0 bridgehead atoms. The summed E-state index contributed by atoms with van der Waals surface area (Å²) in [5, 5.41) is 3.76. The molecule has 5 nitrogen and oxygen atoms in total. The van der Waals surface area contributed by atoms with E-state index in [1.54, 1.807) is 18.0 Å². The Hall–Kier alpha value is -3.12. The number of aromatic nitrogens is 3. The molecule has 0 fully saturated rings. The summed E-state index contributed by atoms with van der Waals surface area (Å²) in [5.41, 5.74) is 4.84. The van der Waals surface area contributed by atoms with Crippen molar-refractivity contribution >= 4 is 28.8 Å². The molecule has 0 saturated heterocycles. The van der Waals surface area contributed by atoms with Crippen molar-refractivity contribution in [2.75, 3.05) is 6.54 Å². The number of rotatable bonds is 7. The summed E-state index contributed by atoms with van der Waals surface area (Å²) < 4.78 is 2.17. The summed E-state index contributed by atoms with van der Waals surface area (Å²) in [6.45, 7) is 3.27. The molecular weight excluding hydrogens is 380 g/mol. The lowest BCUT2D eigenvalue weighted by molar-refractivity contribution is 0.0956. The summed E-state index contributed by atoms with van der Waals surface area (Å²) in [6.07, 6.45) is 1.81. The van der Waals surface area contributed by atoms with Gasteiger partial charge < -0.3 is 5.32 Å². The van der Waals surface area contributed by atoms with E-state index in [1.807, 2.05) is 61.5 Å². The summed E-state index contributed by atoms with van der Waals surface area (Å²) >= 11 is 1.68. The second kappa shape index (κ2) is 8.92. The molecule has 146 valence electrons. The van der Waals surface area contributed by atoms with Gasteiger partial charge in [0.2, 0.25) is 0 Å². The highest BCUT2D eigenvalue weighted by molar-refractivity contribution is 7.98. The van der Waals surface area contributed by atoms with Crippen LogP contribution in [0.15, 0.2) is 78.1 Å². The van der Waals surface area contributed by atoms with Crippen LogP contribution in [0.1, 0.15) is 28.4 Å². The molecule has 0 aliphatic rings. The van der Waals surface area contributed by atoms with Gasteiger partial charge in [-0.15, -0.1) is 0 Å². The third kappa shape index (κ3) is 4.49. The van der Waals surface area contributed by atoms with Gasteiger partial charge in [-0.25, -0.2) is 9.97 Å². The van der Waals surface area contributed by atoms with Gasteiger partial charge in [0.25, 0.3) is 5.91 Å². The second-order valence-electron chi connectivity index (χ2n) is 6.66. The SMILES string of the molecule is CCNC(=O)c1ccc(CSc2nc3cccnc3n2Cc2ccccc2)cc1. The molecule has 0 radical (unpaired) electrons. The highest BCUT2D eigenvalue weighted by atomic mass is 32.2. The largest absolute Gasteiger partial charge is 0.352 e. The smallest absolute Gasteiger partial charge is 0.251 e. The number of benzene rings is 2. The minimum absolute atomic E-state index is 0.0394. The van der Waals surface area contributed by atoms with Crippen LogP contribution in [0.4, 0.5) is 0 Å². The van der Waals surface area contributed by atoms with Gasteiger partial charge in [0.1, 0.15) is 5.52 Å². The Balaban J connectivity index is 1.55. The Labute approximate surface area is 174 Å². The number of thioether (sulfide) groups is 1. The summed E-state index contributed by atoms with van der Waals surface area (Å²) in [7, 11) is 0. The molecule has 4 rings (SSSR count). The fourth-order valence-electron chi connectivity index (χ4n) is 3.12. The Morgan fingerprint density at radius 1 is 1.00 bits per heavy atom. The van der Waals surface area contributed by atoms with Crippen LogP contribution in [0.5, 0.6) is 0 Å².